The normalized spacial score (nSPS) is 14.0. The molecule has 0 saturated heterocycles. The average molecular weight is 400 g/mol. The van der Waals surface area contributed by atoms with Crippen LogP contribution in [0.25, 0.3) is 11.2 Å². The van der Waals surface area contributed by atoms with Gasteiger partial charge >= 0.3 is 0 Å². The van der Waals surface area contributed by atoms with Gasteiger partial charge in [-0.2, -0.15) is 0 Å². The van der Waals surface area contributed by atoms with E-state index in [0.29, 0.717) is 31.1 Å². The smallest absolute Gasteiger partial charge is 0.254 e. The van der Waals surface area contributed by atoms with Crippen LogP contribution in [-0.4, -0.2) is 43.5 Å². The molecule has 0 aliphatic carbocycles. The van der Waals surface area contributed by atoms with E-state index >= 15 is 0 Å². The van der Waals surface area contributed by atoms with Crippen LogP contribution in [0.15, 0.2) is 71.7 Å². The van der Waals surface area contributed by atoms with Gasteiger partial charge in [0.15, 0.2) is 5.65 Å². The summed E-state index contributed by atoms with van der Waals surface area (Å²) in [5, 5.41) is 11.6. The maximum Gasteiger partial charge on any atom is 0.254 e. The van der Waals surface area contributed by atoms with Crippen molar-refractivity contribution in [3.05, 3.63) is 84.2 Å². The number of hydrogen-bond acceptors (Lipinski definition) is 6. The minimum Gasteiger partial charge on any atom is -0.467 e. The van der Waals surface area contributed by atoms with Crippen molar-refractivity contribution in [2.75, 3.05) is 18.4 Å². The first-order valence-electron chi connectivity index (χ1n) is 9.78. The maximum atomic E-state index is 12.7. The number of benzene rings is 1. The second kappa shape index (κ2) is 7.82. The van der Waals surface area contributed by atoms with Crippen LogP contribution in [-0.2, 0) is 6.54 Å². The van der Waals surface area contributed by atoms with E-state index in [1.54, 1.807) is 12.6 Å². The van der Waals surface area contributed by atoms with E-state index in [1.165, 1.54) is 0 Å². The molecule has 0 atom stereocenters. The number of fused-ring (bicyclic) bond motifs is 1. The maximum absolute atomic E-state index is 12.7. The molecule has 3 aromatic heterocycles. The third-order valence-corrected chi connectivity index (χ3v) is 5.20. The molecule has 0 saturated carbocycles. The van der Waals surface area contributed by atoms with Crippen LogP contribution < -0.4 is 5.32 Å². The number of furan rings is 1. The highest BCUT2D eigenvalue weighted by atomic mass is 16.3. The lowest BCUT2D eigenvalue weighted by Crippen LogP contribution is -2.34. The summed E-state index contributed by atoms with van der Waals surface area (Å²) in [5.41, 5.74) is 3.50. The van der Waals surface area contributed by atoms with Crippen molar-refractivity contribution in [2.24, 2.45) is 0 Å². The fourth-order valence-electron chi connectivity index (χ4n) is 3.62. The first-order chi connectivity index (χ1) is 14.8. The van der Waals surface area contributed by atoms with Crippen LogP contribution in [0.1, 0.15) is 28.1 Å². The molecule has 1 aliphatic rings. The average Bonchev–Trinajstić information content (AvgIpc) is 3.50. The largest absolute Gasteiger partial charge is 0.467 e. The summed E-state index contributed by atoms with van der Waals surface area (Å²) in [6, 6.07) is 13.1. The molecule has 150 valence electrons. The van der Waals surface area contributed by atoms with Crippen molar-refractivity contribution in [3.8, 4) is 0 Å². The van der Waals surface area contributed by atoms with Gasteiger partial charge < -0.3 is 14.6 Å². The van der Waals surface area contributed by atoms with Crippen LogP contribution in [0.5, 0.6) is 0 Å². The van der Waals surface area contributed by atoms with Gasteiger partial charge in [-0.15, -0.1) is 10.2 Å². The molecule has 0 unspecified atom stereocenters. The fourth-order valence-corrected chi connectivity index (χ4v) is 3.62. The molecule has 0 bridgehead atoms. The van der Waals surface area contributed by atoms with Gasteiger partial charge in [0, 0.05) is 30.4 Å². The second-order valence-electron chi connectivity index (χ2n) is 7.05. The van der Waals surface area contributed by atoms with E-state index in [0.717, 1.165) is 29.0 Å². The van der Waals surface area contributed by atoms with Crippen LogP contribution in [0.3, 0.4) is 0 Å². The number of anilines is 1. The van der Waals surface area contributed by atoms with Gasteiger partial charge in [0.1, 0.15) is 12.1 Å². The molecule has 5 rings (SSSR count). The minimum atomic E-state index is 0.0501. The summed E-state index contributed by atoms with van der Waals surface area (Å²) in [7, 11) is 0. The van der Waals surface area contributed by atoms with Gasteiger partial charge in [-0.05, 0) is 36.3 Å². The van der Waals surface area contributed by atoms with Gasteiger partial charge in [0.05, 0.1) is 12.8 Å². The quantitative estimate of drug-likeness (QED) is 0.553. The van der Waals surface area contributed by atoms with Crippen molar-refractivity contribution in [1.82, 2.24) is 24.5 Å². The number of hydrogen-bond donors (Lipinski definition) is 1. The Morgan fingerprint density at radius 2 is 2.07 bits per heavy atom. The molecule has 1 N–H and O–H groups in total. The van der Waals surface area contributed by atoms with Gasteiger partial charge in [-0.3, -0.25) is 9.20 Å². The summed E-state index contributed by atoms with van der Waals surface area (Å²) in [6.07, 6.45) is 7.91. The zero-order valence-electron chi connectivity index (χ0n) is 16.2. The molecule has 8 nitrogen and oxygen atoms in total. The van der Waals surface area contributed by atoms with E-state index < -0.39 is 0 Å². The fraction of sp³-hybridized carbons (Fsp3) is 0.182. The molecular formula is C22H20N6O2. The number of rotatable bonds is 5. The molecule has 4 aromatic rings. The lowest BCUT2D eigenvalue weighted by atomic mass is 10.0. The Morgan fingerprint density at radius 3 is 2.83 bits per heavy atom. The van der Waals surface area contributed by atoms with Gasteiger partial charge in [-0.1, -0.05) is 24.3 Å². The first kappa shape index (κ1) is 18.1. The predicted molar refractivity (Wildman–Crippen MR) is 112 cm³/mol. The highest BCUT2D eigenvalue weighted by Gasteiger charge is 2.21. The number of aromatic nitrogens is 4. The third kappa shape index (κ3) is 3.43. The highest BCUT2D eigenvalue weighted by molar-refractivity contribution is 5.94. The summed E-state index contributed by atoms with van der Waals surface area (Å²) in [6.45, 7) is 1.73. The summed E-state index contributed by atoms with van der Waals surface area (Å²) < 4.78 is 7.19. The number of carbonyl (C=O) groups excluding carboxylic acids is 1. The molecule has 8 heteroatoms. The van der Waals surface area contributed by atoms with Crippen molar-refractivity contribution in [2.45, 2.75) is 13.0 Å². The molecule has 1 amide bonds. The number of nitrogens with zero attached hydrogens (tertiary/aromatic N) is 5. The molecule has 0 radical (unpaired) electrons. The summed E-state index contributed by atoms with van der Waals surface area (Å²) in [4.78, 5) is 19.1. The second-order valence-corrected chi connectivity index (χ2v) is 7.05. The standard InChI is InChI=1S/C22H20N6O2/c29-21(17-5-2-1-3-6-17)27-10-8-16(9-11-27)19-14-24-22(28-15-25-26-20(19)28)23-13-18-7-4-12-30-18/h1-8,12,14-15H,9-11,13H2,(H,23,24). The molecule has 1 aliphatic heterocycles. The Morgan fingerprint density at radius 1 is 1.17 bits per heavy atom. The summed E-state index contributed by atoms with van der Waals surface area (Å²) >= 11 is 0. The summed E-state index contributed by atoms with van der Waals surface area (Å²) in [5.74, 6) is 1.52. The van der Waals surface area contributed by atoms with Crippen LogP contribution in [0.4, 0.5) is 5.95 Å². The Labute approximate surface area is 172 Å². The Bertz CT molecular complexity index is 1200. The zero-order chi connectivity index (χ0) is 20.3. The van der Waals surface area contributed by atoms with Crippen LogP contribution >= 0.6 is 0 Å². The Balaban J connectivity index is 1.35. The number of amides is 1. The van der Waals surface area contributed by atoms with E-state index in [4.69, 9.17) is 4.42 Å². The monoisotopic (exact) mass is 400 g/mol. The highest BCUT2D eigenvalue weighted by Crippen LogP contribution is 2.26. The lowest BCUT2D eigenvalue weighted by molar-refractivity contribution is 0.0773. The molecule has 30 heavy (non-hydrogen) atoms. The zero-order valence-corrected chi connectivity index (χ0v) is 16.2. The first-order valence-corrected chi connectivity index (χ1v) is 9.78. The van der Waals surface area contributed by atoms with E-state index in [-0.39, 0.29) is 5.91 Å². The Kier molecular flexibility index (Phi) is 4.72. The lowest BCUT2D eigenvalue weighted by Gasteiger charge is -2.26. The minimum absolute atomic E-state index is 0.0501. The van der Waals surface area contributed by atoms with Crippen molar-refractivity contribution in [3.63, 3.8) is 0 Å². The molecule has 1 aromatic carbocycles. The number of nitrogens with one attached hydrogen (secondary N) is 1. The van der Waals surface area contributed by atoms with Gasteiger partial charge in [0.2, 0.25) is 5.95 Å². The predicted octanol–water partition coefficient (Wildman–Crippen LogP) is 3.26. The molecule has 4 heterocycles. The van der Waals surface area contributed by atoms with Crippen molar-refractivity contribution in [1.29, 1.82) is 0 Å². The molecular weight excluding hydrogens is 380 g/mol. The van der Waals surface area contributed by atoms with Crippen molar-refractivity contribution >= 4 is 23.1 Å². The van der Waals surface area contributed by atoms with E-state index in [9.17, 15) is 4.79 Å². The van der Waals surface area contributed by atoms with Crippen LogP contribution in [0, 0.1) is 0 Å². The topological polar surface area (TPSA) is 88.6 Å². The van der Waals surface area contributed by atoms with E-state index in [1.807, 2.05) is 58.0 Å². The van der Waals surface area contributed by atoms with Crippen LogP contribution in [0.2, 0.25) is 0 Å². The number of carbonyl (C=O) groups is 1. The van der Waals surface area contributed by atoms with Crippen molar-refractivity contribution < 1.29 is 9.21 Å². The van der Waals surface area contributed by atoms with E-state index in [2.05, 4.69) is 26.6 Å². The van der Waals surface area contributed by atoms with Gasteiger partial charge in [-0.25, -0.2) is 4.98 Å². The SMILES string of the molecule is O=C(c1ccccc1)N1CC=C(c2cnc(NCc3ccco3)n3cnnc23)CC1. The third-order valence-electron chi connectivity index (χ3n) is 5.20. The Hall–Kier alpha value is -3.94. The molecule has 0 fully saturated rings. The van der Waals surface area contributed by atoms with Gasteiger partial charge in [0.25, 0.3) is 5.91 Å². The molecule has 0 spiro atoms.